The molecule has 1 aliphatic rings. The lowest BCUT2D eigenvalue weighted by molar-refractivity contribution is -0.136. The second-order valence-electron chi connectivity index (χ2n) is 15.0. The fraction of sp³-hybridized carbons (Fsp3) is 0.432. The number of ether oxygens (including phenoxy) is 1. The number of nitrogens with zero attached hydrogens (tertiary/aromatic N) is 1. The minimum Gasteiger partial charge on any atom is -0.445 e. The molecule has 9 N–H and O–H groups in total. The lowest BCUT2D eigenvalue weighted by atomic mass is 9.96. The zero-order chi connectivity index (χ0) is 44.3. The summed E-state index contributed by atoms with van der Waals surface area (Å²) in [5, 5.41) is 27.2. The molecule has 1 fully saturated rings. The molecule has 3 aromatic rings. The number of alkyl carbamates (subject to hydrolysis) is 1. The lowest BCUT2D eigenvalue weighted by Crippen LogP contribution is -2.59. The van der Waals surface area contributed by atoms with E-state index in [2.05, 4.69) is 31.9 Å². The van der Waals surface area contributed by atoms with Gasteiger partial charge < -0.3 is 47.5 Å². The third-order valence-electron chi connectivity index (χ3n) is 10.5. The summed E-state index contributed by atoms with van der Waals surface area (Å²) in [7, 11) is 1.48. The van der Waals surface area contributed by atoms with Gasteiger partial charge in [0, 0.05) is 26.4 Å². The molecule has 0 spiro atoms. The summed E-state index contributed by atoms with van der Waals surface area (Å²) < 4.78 is 5.22. The Kier molecular flexibility index (Phi) is 18.7. The SMILES string of the molecule is CC[C@H](C)[C@H](NC(=O)[C@@H]1CCCN1C(O)CNC(=O)[C@H](Cc1ccccc1)NC(=O)[C@H](CC(N)=O)NC(=O)OCc1ccccc1)C(=O)N[C@@H](Cc1ccccc1)C(=O)NC. The summed E-state index contributed by atoms with van der Waals surface area (Å²) in [6.07, 6.45) is -1.17. The van der Waals surface area contributed by atoms with Crippen LogP contribution in [0.1, 0.15) is 56.2 Å². The maximum absolute atomic E-state index is 13.8. The van der Waals surface area contributed by atoms with Gasteiger partial charge in [0.2, 0.25) is 35.4 Å². The molecule has 1 aliphatic heterocycles. The Hall–Kier alpha value is -6.33. The molecule has 7 atom stereocenters. The van der Waals surface area contributed by atoms with Crippen molar-refractivity contribution < 1.29 is 43.4 Å². The zero-order valence-electron chi connectivity index (χ0n) is 34.8. The molecule has 61 heavy (non-hydrogen) atoms. The number of likely N-dealkylation sites (tertiary alicyclic amines) is 1. The molecular formula is C44H58N8O9. The number of likely N-dealkylation sites (N-methyl/N-ethyl adjacent to an activating group) is 1. The first kappa shape index (κ1) is 47.3. The van der Waals surface area contributed by atoms with Crippen LogP contribution in [-0.4, -0.2) is 108 Å². The van der Waals surface area contributed by atoms with Crippen LogP contribution in [0.3, 0.4) is 0 Å². The van der Waals surface area contributed by atoms with Crippen molar-refractivity contribution in [3.05, 3.63) is 108 Å². The Bertz CT molecular complexity index is 1920. The van der Waals surface area contributed by atoms with Crippen molar-refractivity contribution in [2.45, 2.75) is 95.4 Å². The molecule has 328 valence electrons. The van der Waals surface area contributed by atoms with Crippen molar-refractivity contribution in [3.8, 4) is 0 Å². The number of amides is 7. The molecule has 17 nitrogen and oxygen atoms in total. The zero-order valence-corrected chi connectivity index (χ0v) is 34.8. The highest BCUT2D eigenvalue weighted by Crippen LogP contribution is 2.21. The van der Waals surface area contributed by atoms with E-state index in [1.54, 1.807) is 60.7 Å². The Labute approximate surface area is 355 Å². The minimum absolute atomic E-state index is 0.0101. The number of benzene rings is 3. The van der Waals surface area contributed by atoms with E-state index < -0.39 is 78.5 Å². The van der Waals surface area contributed by atoms with Crippen LogP contribution in [0.4, 0.5) is 4.79 Å². The Morgan fingerprint density at radius 3 is 1.82 bits per heavy atom. The molecule has 17 heteroatoms. The minimum atomic E-state index is -1.47. The van der Waals surface area contributed by atoms with Gasteiger partial charge in [-0.3, -0.25) is 33.7 Å². The number of rotatable bonds is 22. The van der Waals surface area contributed by atoms with Crippen molar-refractivity contribution in [3.63, 3.8) is 0 Å². The van der Waals surface area contributed by atoms with Gasteiger partial charge in [-0.2, -0.15) is 0 Å². The molecule has 1 saturated heterocycles. The van der Waals surface area contributed by atoms with Gasteiger partial charge in [0.25, 0.3) is 0 Å². The predicted molar refractivity (Wildman–Crippen MR) is 226 cm³/mol. The van der Waals surface area contributed by atoms with Gasteiger partial charge in [0.05, 0.1) is 19.0 Å². The van der Waals surface area contributed by atoms with E-state index in [0.717, 1.165) is 5.56 Å². The molecule has 1 heterocycles. The number of primary amides is 1. The average molecular weight is 843 g/mol. The van der Waals surface area contributed by atoms with Crippen LogP contribution in [0.25, 0.3) is 0 Å². The number of nitrogens with one attached hydrogen (secondary N) is 6. The third kappa shape index (κ3) is 15.0. The van der Waals surface area contributed by atoms with E-state index in [4.69, 9.17) is 10.5 Å². The first-order chi connectivity index (χ1) is 29.3. The van der Waals surface area contributed by atoms with Gasteiger partial charge in [-0.05, 0) is 35.4 Å². The van der Waals surface area contributed by atoms with Gasteiger partial charge in [-0.15, -0.1) is 0 Å². The highest BCUT2D eigenvalue weighted by Gasteiger charge is 2.38. The summed E-state index contributed by atoms with van der Waals surface area (Å²) in [5.41, 5.74) is 7.62. The third-order valence-corrected chi connectivity index (χ3v) is 10.5. The number of carbonyl (C=O) groups excluding carboxylic acids is 7. The number of carbonyl (C=O) groups is 7. The summed E-state index contributed by atoms with van der Waals surface area (Å²) in [5.74, 6) is -4.14. The quantitative estimate of drug-likeness (QED) is 0.0707. The molecule has 0 bridgehead atoms. The second-order valence-corrected chi connectivity index (χ2v) is 15.0. The number of aliphatic hydroxyl groups excluding tert-OH is 1. The smallest absolute Gasteiger partial charge is 0.408 e. The molecule has 1 unspecified atom stereocenters. The first-order valence-corrected chi connectivity index (χ1v) is 20.5. The summed E-state index contributed by atoms with van der Waals surface area (Å²) in [6, 6.07) is 21.5. The number of hydrogen-bond acceptors (Lipinski definition) is 10. The summed E-state index contributed by atoms with van der Waals surface area (Å²) in [6.45, 7) is 3.59. The largest absolute Gasteiger partial charge is 0.445 e. The number of aliphatic hydroxyl groups is 1. The van der Waals surface area contributed by atoms with Gasteiger partial charge in [-0.25, -0.2) is 4.79 Å². The van der Waals surface area contributed by atoms with E-state index in [1.165, 1.54) is 11.9 Å². The van der Waals surface area contributed by atoms with Crippen molar-refractivity contribution in [1.29, 1.82) is 0 Å². The van der Waals surface area contributed by atoms with E-state index in [0.29, 0.717) is 36.9 Å². The molecule has 0 radical (unpaired) electrons. The van der Waals surface area contributed by atoms with E-state index >= 15 is 0 Å². The Morgan fingerprint density at radius 2 is 1.28 bits per heavy atom. The maximum Gasteiger partial charge on any atom is 0.408 e. The van der Waals surface area contributed by atoms with Gasteiger partial charge in [0.1, 0.15) is 37.0 Å². The molecular weight excluding hydrogens is 785 g/mol. The summed E-state index contributed by atoms with van der Waals surface area (Å²) in [4.78, 5) is 93.7. The van der Waals surface area contributed by atoms with Gasteiger partial charge >= 0.3 is 6.09 Å². The Balaban J connectivity index is 1.41. The molecule has 0 saturated carbocycles. The summed E-state index contributed by atoms with van der Waals surface area (Å²) >= 11 is 0. The fourth-order valence-corrected chi connectivity index (χ4v) is 6.95. The van der Waals surface area contributed by atoms with Crippen LogP contribution in [0.15, 0.2) is 91.0 Å². The maximum atomic E-state index is 13.8. The van der Waals surface area contributed by atoms with E-state index in [-0.39, 0.29) is 37.8 Å². The van der Waals surface area contributed by atoms with Crippen molar-refractivity contribution in [2.24, 2.45) is 11.7 Å². The van der Waals surface area contributed by atoms with E-state index in [9.17, 15) is 38.7 Å². The number of hydrogen-bond donors (Lipinski definition) is 8. The van der Waals surface area contributed by atoms with Gasteiger partial charge in [-0.1, -0.05) is 111 Å². The van der Waals surface area contributed by atoms with Crippen LogP contribution in [0, 0.1) is 5.92 Å². The van der Waals surface area contributed by atoms with Crippen molar-refractivity contribution in [2.75, 3.05) is 20.1 Å². The molecule has 3 aromatic carbocycles. The molecule has 4 rings (SSSR count). The molecule has 7 amide bonds. The van der Waals surface area contributed by atoms with Crippen LogP contribution in [0.5, 0.6) is 0 Å². The highest BCUT2D eigenvalue weighted by molar-refractivity contribution is 5.95. The fourth-order valence-electron chi connectivity index (χ4n) is 6.95. The molecule has 0 aromatic heterocycles. The van der Waals surface area contributed by atoms with Crippen molar-refractivity contribution in [1.82, 2.24) is 36.8 Å². The monoisotopic (exact) mass is 842 g/mol. The van der Waals surface area contributed by atoms with Crippen LogP contribution < -0.4 is 37.6 Å². The number of nitrogens with two attached hydrogens (primary N) is 1. The first-order valence-electron chi connectivity index (χ1n) is 20.5. The lowest BCUT2D eigenvalue weighted by Gasteiger charge is -2.32. The molecule has 0 aliphatic carbocycles. The van der Waals surface area contributed by atoms with Crippen LogP contribution >= 0.6 is 0 Å². The standard InChI is InChI=1S/C44H58N8O9/c1-4-28(2)38(43(59)49-32(39(55)46-3)23-29-15-8-5-9-16-29)51-42(58)35-21-14-22-52(35)37(54)26-47-40(56)33(24-30-17-10-6-11-18-30)48-41(57)34(25-36(45)53)50-44(60)61-27-31-19-12-7-13-20-31/h5-13,15-20,28,32-35,37-38,54H,4,14,21-27H2,1-3H3,(H2,45,53)(H,46,55)(H,47,56)(H,48,57)(H,49,59)(H,50,60)(H,51,58)/t28-,32-,33-,34-,35-,37?,38-/m0/s1. The van der Waals surface area contributed by atoms with Crippen LogP contribution in [0.2, 0.25) is 0 Å². The van der Waals surface area contributed by atoms with Gasteiger partial charge in [0.15, 0.2) is 0 Å². The Morgan fingerprint density at radius 1 is 0.738 bits per heavy atom. The average Bonchev–Trinajstić information content (AvgIpc) is 3.77. The second kappa shape index (κ2) is 24.1. The van der Waals surface area contributed by atoms with Crippen LogP contribution in [-0.2, 0) is 53.0 Å². The predicted octanol–water partition coefficient (Wildman–Crippen LogP) is 0.788. The van der Waals surface area contributed by atoms with Crippen molar-refractivity contribution >= 4 is 41.5 Å². The highest BCUT2D eigenvalue weighted by atomic mass is 16.5. The topological polar surface area (TPSA) is 250 Å². The van der Waals surface area contributed by atoms with E-state index in [1.807, 2.05) is 44.2 Å². The normalized spacial score (nSPS) is 16.6.